The van der Waals surface area contributed by atoms with Gasteiger partial charge < -0.3 is 10.5 Å². The van der Waals surface area contributed by atoms with Crippen LogP contribution in [0.15, 0.2) is 41.6 Å². The number of benzene rings is 1. The Hall–Kier alpha value is -2.83. The largest absolute Gasteiger partial charge is 0.508 e. The van der Waals surface area contributed by atoms with Gasteiger partial charge in [-0.3, -0.25) is 15.0 Å². The van der Waals surface area contributed by atoms with E-state index in [2.05, 4.69) is 28.0 Å². The fraction of sp³-hybridized carbons (Fsp3) is 0.214. The number of hydrogen-bond acceptors (Lipinski definition) is 5. The maximum Gasteiger partial charge on any atom is 0.247 e. The van der Waals surface area contributed by atoms with Gasteiger partial charge in [0, 0.05) is 12.1 Å². The van der Waals surface area contributed by atoms with Crippen molar-refractivity contribution in [2.75, 3.05) is 0 Å². The number of aromatic hydroxyl groups is 1. The minimum Gasteiger partial charge on any atom is -0.508 e. The number of rotatable bonds is 5. The highest BCUT2D eigenvalue weighted by Crippen LogP contribution is 2.17. The van der Waals surface area contributed by atoms with Gasteiger partial charge in [-0.1, -0.05) is 18.7 Å². The number of phenolic OH excluding ortho intramolecular Hbond substituents is 1. The van der Waals surface area contributed by atoms with Crippen LogP contribution in [0.5, 0.6) is 5.75 Å². The van der Waals surface area contributed by atoms with Crippen molar-refractivity contribution in [1.82, 2.24) is 16.3 Å². The number of carbonyl (C=O) groups excluding carboxylic acids is 2. The van der Waals surface area contributed by atoms with E-state index in [1.807, 2.05) is 0 Å². The quantitative estimate of drug-likeness (QED) is 0.465. The molecule has 1 aliphatic heterocycles. The molecule has 110 valence electrons. The molecule has 4 N–H and O–H groups in total. The number of nitrogens with one attached hydrogen (secondary N) is 3. The molecular formula is C14H16N4O3. The predicted octanol–water partition coefficient (Wildman–Crippen LogP) is 0.387. The molecule has 1 saturated heterocycles. The number of phenols is 1. The van der Waals surface area contributed by atoms with Crippen LogP contribution >= 0.6 is 0 Å². The standard InChI is InChI=1S/C14H16N4O3/c1-9-12(14(21)18-16-9)5-6-13(20)17-15-8-10-3-2-4-11(19)7-10/h2-4,7-8,12,16,19H,1,5-6H2,(H,17,20)(H,18,21). The predicted molar refractivity (Wildman–Crippen MR) is 77.0 cm³/mol. The van der Waals surface area contributed by atoms with Gasteiger partial charge in [0.2, 0.25) is 11.8 Å². The van der Waals surface area contributed by atoms with Crippen molar-refractivity contribution >= 4 is 18.0 Å². The summed E-state index contributed by atoms with van der Waals surface area (Å²) < 4.78 is 0. The number of carbonyl (C=O) groups is 2. The van der Waals surface area contributed by atoms with E-state index in [-0.39, 0.29) is 24.0 Å². The molecular weight excluding hydrogens is 272 g/mol. The smallest absolute Gasteiger partial charge is 0.247 e. The van der Waals surface area contributed by atoms with Crippen molar-refractivity contribution in [2.24, 2.45) is 11.0 Å². The van der Waals surface area contributed by atoms with E-state index in [1.54, 1.807) is 18.2 Å². The van der Waals surface area contributed by atoms with Crippen LogP contribution in [-0.4, -0.2) is 23.1 Å². The molecule has 0 radical (unpaired) electrons. The third kappa shape index (κ3) is 4.07. The Morgan fingerprint density at radius 3 is 2.95 bits per heavy atom. The van der Waals surface area contributed by atoms with Crippen LogP contribution in [-0.2, 0) is 9.59 Å². The summed E-state index contributed by atoms with van der Waals surface area (Å²) in [5.41, 5.74) is 8.68. The van der Waals surface area contributed by atoms with Crippen LogP contribution in [0, 0.1) is 5.92 Å². The minimum absolute atomic E-state index is 0.128. The molecule has 7 heteroatoms. The van der Waals surface area contributed by atoms with Crippen LogP contribution in [0.25, 0.3) is 0 Å². The van der Waals surface area contributed by atoms with E-state index in [0.29, 0.717) is 17.7 Å². The lowest BCUT2D eigenvalue weighted by Gasteiger charge is -2.05. The molecule has 0 bridgehead atoms. The summed E-state index contributed by atoms with van der Waals surface area (Å²) in [6.07, 6.45) is 1.96. The number of hydrazine groups is 1. The van der Waals surface area contributed by atoms with Crippen LogP contribution < -0.4 is 16.3 Å². The number of nitrogens with zero attached hydrogens (tertiary/aromatic N) is 1. The highest BCUT2D eigenvalue weighted by atomic mass is 16.3. The lowest BCUT2D eigenvalue weighted by atomic mass is 10.0. The Balaban J connectivity index is 1.77. The third-order valence-corrected chi connectivity index (χ3v) is 3.02. The molecule has 1 aromatic carbocycles. The maximum atomic E-state index is 11.6. The zero-order valence-electron chi connectivity index (χ0n) is 11.3. The molecule has 1 aromatic rings. The number of hydrazone groups is 1. The zero-order valence-corrected chi connectivity index (χ0v) is 11.3. The SMILES string of the molecule is C=C1NNC(=O)C1CCC(=O)NN=Cc1cccc(O)c1. The van der Waals surface area contributed by atoms with E-state index in [1.165, 1.54) is 12.3 Å². The van der Waals surface area contributed by atoms with Crippen LogP contribution in [0.1, 0.15) is 18.4 Å². The van der Waals surface area contributed by atoms with Gasteiger partial charge in [0.1, 0.15) is 5.75 Å². The molecule has 1 fully saturated rings. The molecule has 1 aliphatic rings. The first-order chi connectivity index (χ1) is 10.1. The molecule has 1 heterocycles. The molecule has 2 amide bonds. The van der Waals surface area contributed by atoms with Crippen LogP contribution in [0.4, 0.5) is 0 Å². The molecule has 0 saturated carbocycles. The molecule has 0 spiro atoms. The Kier molecular flexibility index (Phi) is 4.55. The highest BCUT2D eigenvalue weighted by Gasteiger charge is 2.27. The Morgan fingerprint density at radius 2 is 2.29 bits per heavy atom. The molecule has 1 unspecified atom stereocenters. The van der Waals surface area contributed by atoms with Gasteiger partial charge in [0.25, 0.3) is 0 Å². The van der Waals surface area contributed by atoms with E-state index < -0.39 is 5.92 Å². The summed E-state index contributed by atoms with van der Waals surface area (Å²) in [6.45, 7) is 3.69. The summed E-state index contributed by atoms with van der Waals surface area (Å²) in [5.74, 6) is -0.746. The van der Waals surface area contributed by atoms with Crippen molar-refractivity contribution in [3.63, 3.8) is 0 Å². The fourth-order valence-electron chi connectivity index (χ4n) is 1.89. The monoisotopic (exact) mass is 288 g/mol. The molecule has 0 aliphatic carbocycles. The minimum atomic E-state index is -0.397. The Morgan fingerprint density at radius 1 is 1.48 bits per heavy atom. The van der Waals surface area contributed by atoms with Gasteiger partial charge in [-0.2, -0.15) is 5.10 Å². The third-order valence-electron chi connectivity index (χ3n) is 3.02. The van der Waals surface area contributed by atoms with Gasteiger partial charge in [0.05, 0.1) is 12.1 Å². The second-order valence-electron chi connectivity index (χ2n) is 4.62. The normalized spacial score (nSPS) is 17.6. The topological polar surface area (TPSA) is 103 Å². The van der Waals surface area contributed by atoms with Gasteiger partial charge in [0.15, 0.2) is 0 Å². The average Bonchev–Trinajstić information content (AvgIpc) is 2.76. The highest BCUT2D eigenvalue weighted by molar-refractivity contribution is 5.85. The van der Waals surface area contributed by atoms with Gasteiger partial charge >= 0.3 is 0 Å². The first kappa shape index (κ1) is 14.6. The summed E-state index contributed by atoms with van der Waals surface area (Å²) in [4.78, 5) is 23.0. The van der Waals surface area contributed by atoms with Crippen molar-refractivity contribution in [3.8, 4) is 5.75 Å². The summed E-state index contributed by atoms with van der Waals surface area (Å²) in [7, 11) is 0. The number of amides is 2. The van der Waals surface area contributed by atoms with Crippen molar-refractivity contribution in [1.29, 1.82) is 0 Å². The Bertz CT molecular complexity index is 582. The van der Waals surface area contributed by atoms with Crippen molar-refractivity contribution in [2.45, 2.75) is 12.8 Å². The lowest BCUT2D eigenvalue weighted by molar-refractivity contribution is -0.123. The van der Waals surface area contributed by atoms with Crippen LogP contribution in [0.3, 0.4) is 0 Å². The molecule has 2 rings (SSSR count). The fourth-order valence-corrected chi connectivity index (χ4v) is 1.89. The van der Waals surface area contributed by atoms with Gasteiger partial charge in [-0.15, -0.1) is 0 Å². The van der Waals surface area contributed by atoms with Gasteiger partial charge in [-0.25, -0.2) is 5.43 Å². The van der Waals surface area contributed by atoms with Gasteiger partial charge in [-0.05, 0) is 24.1 Å². The summed E-state index contributed by atoms with van der Waals surface area (Å²) in [5, 5.41) is 13.1. The average molecular weight is 288 g/mol. The second-order valence-corrected chi connectivity index (χ2v) is 4.62. The first-order valence-electron chi connectivity index (χ1n) is 6.42. The molecule has 21 heavy (non-hydrogen) atoms. The van der Waals surface area contributed by atoms with Crippen LogP contribution in [0.2, 0.25) is 0 Å². The van der Waals surface area contributed by atoms with E-state index in [0.717, 1.165) is 0 Å². The molecule has 7 nitrogen and oxygen atoms in total. The van der Waals surface area contributed by atoms with E-state index >= 15 is 0 Å². The Labute approximate surface area is 121 Å². The lowest BCUT2D eigenvalue weighted by Crippen LogP contribution is -2.26. The second kappa shape index (κ2) is 6.56. The van der Waals surface area contributed by atoms with E-state index in [4.69, 9.17) is 0 Å². The maximum absolute atomic E-state index is 11.6. The summed E-state index contributed by atoms with van der Waals surface area (Å²) in [6, 6.07) is 6.49. The summed E-state index contributed by atoms with van der Waals surface area (Å²) >= 11 is 0. The number of hydrogen-bond donors (Lipinski definition) is 4. The molecule has 1 atom stereocenters. The first-order valence-corrected chi connectivity index (χ1v) is 6.42. The van der Waals surface area contributed by atoms with E-state index in [9.17, 15) is 14.7 Å². The molecule has 0 aromatic heterocycles. The zero-order chi connectivity index (χ0) is 15.2. The van der Waals surface area contributed by atoms with Crippen molar-refractivity contribution < 1.29 is 14.7 Å². The van der Waals surface area contributed by atoms with Crippen molar-refractivity contribution in [3.05, 3.63) is 42.1 Å².